The number of nitrogens with zero attached hydrogens (tertiary/aromatic N) is 3. The Morgan fingerprint density at radius 1 is 1.14 bits per heavy atom. The van der Waals surface area contributed by atoms with Crippen LogP contribution >= 0.6 is 0 Å². The summed E-state index contributed by atoms with van der Waals surface area (Å²) in [6.45, 7) is 3.01. The van der Waals surface area contributed by atoms with Gasteiger partial charge in [-0.15, -0.1) is 0 Å². The van der Waals surface area contributed by atoms with Crippen LogP contribution in [0.15, 0.2) is 55.1 Å². The first kappa shape index (κ1) is 13.4. The molecule has 2 heterocycles. The maximum Gasteiger partial charge on any atom is 0.123 e. The first-order chi connectivity index (χ1) is 10.2. The number of anilines is 1. The molecule has 1 aromatic carbocycles. The summed E-state index contributed by atoms with van der Waals surface area (Å²) in [4.78, 5) is 8.40. The molecule has 0 unspecified atom stereocenters. The molecule has 0 aliphatic carbocycles. The molecule has 0 saturated heterocycles. The van der Waals surface area contributed by atoms with Gasteiger partial charge in [-0.25, -0.2) is 9.97 Å². The zero-order valence-corrected chi connectivity index (χ0v) is 12.0. The van der Waals surface area contributed by atoms with Crippen molar-refractivity contribution in [3.63, 3.8) is 0 Å². The molecule has 0 saturated carbocycles. The molecule has 0 radical (unpaired) electrons. The summed E-state index contributed by atoms with van der Waals surface area (Å²) in [5, 5.41) is 0. The van der Waals surface area contributed by atoms with Gasteiger partial charge >= 0.3 is 0 Å². The number of hydrogen-bond donors (Lipinski definition) is 1. The first-order valence-corrected chi connectivity index (χ1v) is 7.00. The number of nitrogens with two attached hydrogens (primary N) is 1. The molecule has 0 spiro atoms. The van der Waals surface area contributed by atoms with E-state index in [0.717, 1.165) is 24.2 Å². The smallest absolute Gasteiger partial charge is 0.123 e. The zero-order chi connectivity index (χ0) is 14.7. The molecular weight excluding hydrogens is 260 g/mol. The van der Waals surface area contributed by atoms with Crippen LogP contribution in [0.4, 0.5) is 5.82 Å². The van der Waals surface area contributed by atoms with E-state index in [-0.39, 0.29) is 0 Å². The van der Waals surface area contributed by atoms with E-state index in [1.54, 1.807) is 6.20 Å². The second kappa shape index (κ2) is 5.79. The topological polar surface area (TPSA) is 56.7 Å². The number of nitrogen functional groups attached to an aromatic ring is 1. The highest BCUT2D eigenvalue weighted by Crippen LogP contribution is 2.19. The molecule has 0 amide bonds. The number of benzene rings is 1. The molecular formula is C17H18N4. The predicted octanol–water partition coefficient (Wildman–Crippen LogP) is 3.08. The van der Waals surface area contributed by atoms with E-state index >= 15 is 0 Å². The summed E-state index contributed by atoms with van der Waals surface area (Å²) in [5.41, 5.74) is 10.4. The monoisotopic (exact) mass is 278 g/mol. The summed E-state index contributed by atoms with van der Waals surface area (Å²) in [5.74, 6) is 0.532. The third-order valence-corrected chi connectivity index (χ3v) is 3.52. The van der Waals surface area contributed by atoms with Crippen molar-refractivity contribution in [2.24, 2.45) is 0 Å². The van der Waals surface area contributed by atoms with Gasteiger partial charge in [0, 0.05) is 18.3 Å². The number of imidazole rings is 1. The average molecular weight is 278 g/mol. The maximum atomic E-state index is 5.63. The summed E-state index contributed by atoms with van der Waals surface area (Å²) in [6.07, 6.45) is 6.49. The lowest BCUT2D eigenvalue weighted by Gasteiger charge is -2.09. The Labute approximate surface area is 124 Å². The van der Waals surface area contributed by atoms with Crippen LogP contribution < -0.4 is 5.73 Å². The summed E-state index contributed by atoms with van der Waals surface area (Å²) in [6, 6.07) is 12.4. The van der Waals surface area contributed by atoms with E-state index in [4.69, 9.17) is 5.73 Å². The van der Waals surface area contributed by atoms with Crippen molar-refractivity contribution >= 4 is 5.82 Å². The van der Waals surface area contributed by atoms with Crippen LogP contribution in [0.5, 0.6) is 0 Å². The Morgan fingerprint density at radius 2 is 2.05 bits per heavy atom. The molecule has 2 N–H and O–H groups in total. The molecule has 0 aliphatic heterocycles. The fourth-order valence-electron chi connectivity index (χ4n) is 2.41. The van der Waals surface area contributed by atoms with Crippen molar-refractivity contribution < 1.29 is 0 Å². The third-order valence-electron chi connectivity index (χ3n) is 3.52. The van der Waals surface area contributed by atoms with Crippen molar-refractivity contribution in [1.82, 2.24) is 14.5 Å². The lowest BCUT2D eigenvalue weighted by molar-refractivity contribution is 0.701. The minimum Gasteiger partial charge on any atom is -0.384 e. The molecule has 4 nitrogen and oxygen atoms in total. The van der Waals surface area contributed by atoms with Crippen molar-refractivity contribution in [2.75, 3.05) is 5.73 Å². The number of aromatic nitrogens is 3. The Kier molecular flexibility index (Phi) is 3.69. The van der Waals surface area contributed by atoms with E-state index < -0.39 is 0 Å². The Bertz CT molecular complexity index is 729. The molecule has 0 bridgehead atoms. The van der Waals surface area contributed by atoms with E-state index in [1.165, 1.54) is 11.1 Å². The quantitative estimate of drug-likeness (QED) is 0.798. The highest BCUT2D eigenvalue weighted by atomic mass is 15.0. The number of hydrogen-bond acceptors (Lipinski definition) is 3. The normalized spacial score (nSPS) is 10.7. The van der Waals surface area contributed by atoms with Gasteiger partial charge in [-0.05, 0) is 31.0 Å². The van der Waals surface area contributed by atoms with E-state index in [9.17, 15) is 0 Å². The highest BCUT2D eigenvalue weighted by molar-refractivity contribution is 5.59. The third kappa shape index (κ3) is 3.11. The maximum absolute atomic E-state index is 5.63. The first-order valence-electron chi connectivity index (χ1n) is 7.00. The van der Waals surface area contributed by atoms with Crippen LogP contribution in [-0.2, 0) is 13.0 Å². The van der Waals surface area contributed by atoms with E-state index in [1.807, 2.05) is 24.7 Å². The number of pyridine rings is 1. The molecule has 21 heavy (non-hydrogen) atoms. The van der Waals surface area contributed by atoms with Gasteiger partial charge in [-0.3, -0.25) is 0 Å². The molecule has 0 aliphatic rings. The van der Waals surface area contributed by atoms with Crippen molar-refractivity contribution in [2.45, 2.75) is 19.9 Å². The molecule has 2 aromatic heterocycles. The van der Waals surface area contributed by atoms with Gasteiger partial charge in [-0.1, -0.05) is 29.8 Å². The molecule has 0 atom stereocenters. The summed E-state index contributed by atoms with van der Waals surface area (Å²) < 4.78 is 2.15. The van der Waals surface area contributed by atoms with Crippen molar-refractivity contribution in [3.05, 3.63) is 66.2 Å². The van der Waals surface area contributed by atoms with E-state index in [2.05, 4.69) is 45.7 Å². The van der Waals surface area contributed by atoms with E-state index in [0.29, 0.717) is 5.82 Å². The fraction of sp³-hybridized carbons (Fsp3) is 0.176. The fourth-order valence-corrected chi connectivity index (χ4v) is 2.41. The van der Waals surface area contributed by atoms with Crippen LogP contribution in [0, 0.1) is 6.92 Å². The SMILES string of the molecule is Cc1cccc(CCn2cncc2-c2ccc(N)nc2)c1. The zero-order valence-electron chi connectivity index (χ0n) is 12.0. The van der Waals surface area contributed by atoms with Crippen LogP contribution in [0.3, 0.4) is 0 Å². The largest absolute Gasteiger partial charge is 0.384 e. The molecule has 3 aromatic rings. The van der Waals surface area contributed by atoms with Gasteiger partial charge in [0.15, 0.2) is 0 Å². The van der Waals surface area contributed by atoms with Crippen LogP contribution in [0.25, 0.3) is 11.3 Å². The van der Waals surface area contributed by atoms with Gasteiger partial charge in [0.1, 0.15) is 5.82 Å². The summed E-state index contributed by atoms with van der Waals surface area (Å²) >= 11 is 0. The average Bonchev–Trinajstić information content (AvgIpc) is 2.94. The van der Waals surface area contributed by atoms with Gasteiger partial charge < -0.3 is 10.3 Å². The van der Waals surface area contributed by atoms with Crippen molar-refractivity contribution in [1.29, 1.82) is 0 Å². The number of rotatable bonds is 4. The minimum atomic E-state index is 0.532. The van der Waals surface area contributed by atoms with Gasteiger partial charge in [-0.2, -0.15) is 0 Å². The minimum absolute atomic E-state index is 0.532. The predicted molar refractivity (Wildman–Crippen MR) is 84.8 cm³/mol. The lowest BCUT2D eigenvalue weighted by atomic mass is 10.1. The standard InChI is InChI=1S/C17H18N4/c1-13-3-2-4-14(9-13)7-8-21-12-19-11-16(21)15-5-6-17(18)20-10-15/h2-6,9-12H,7-8H2,1H3,(H2,18,20). The van der Waals surface area contributed by atoms with Crippen molar-refractivity contribution in [3.8, 4) is 11.3 Å². The molecule has 106 valence electrons. The Morgan fingerprint density at radius 3 is 2.81 bits per heavy atom. The Hall–Kier alpha value is -2.62. The summed E-state index contributed by atoms with van der Waals surface area (Å²) in [7, 11) is 0. The molecule has 3 rings (SSSR count). The molecule has 4 heteroatoms. The molecule has 0 fully saturated rings. The van der Waals surface area contributed by atoms with Crippen LogP contribution in [0.2, 0.25) is 0 Å². The number of aryl methyl sites for hydroxylation is 3. The Balaban J connectivity index is 1.78. The van der Waals surface area contributed by atoms with Gasteiger partial charge in [0.05, 0.1) is 18.2 Å². The van der Waals surface area contributed by atoms with Gasteiger partial charge in [0.25, 0.3) is 0 Å². The van der Waals surface area contributed by atoms with Gasteiger partial charge in [0.2, 0.25) is 0 Å². The van der Waals surface area contributed by atoms with Crippen LogP contribution in [-0.4, -0.2) is 14.5 Å². The highest BCUT2D eigenvalue weighted by Gasteiger charge is 2.05. The van der Waals surface area contributed by atoms with Crippen LogP contribution in [0.1, 0.15) is 11.1 Å². The second-order valence-electron chi connectivity index (χ2n) is 5.18. The lowest BCUT2D eigenvalue weighted by Crippen LogP contribution is -2.02. The second-order valence-corrected chi connectivity index (χ2v) is 5.18.